The van der Waals surface area contributed by atoms with Gasteiger partial charge in [-0.25, -0.2) is 4.98 Å². The first-order valence-corrected chi connectivity index (χ1v) is 6.11. The van der Waals surface area contributed by atoms with E-state index in [-0.39, 0.29) is 0 Å². The number of rotatable bonds is 1. The fourth-order valence-electron chi connectivity index (χ4n) is 2.17. The van der Waals surface area contributed by atoms with E-state index in [0.717, 1.165) is 36.6 Å². The van der Waals surface area contributed by atoms with Gasteiger partial charge in [-0.1, -0.05) is 31.2 Å². The summed E-state index contributed by atoms with van der Waals surface area (Å²) in [4.78, 5) is 4.57. The molecule has 0 N–H and O–H groups in total. The molecule has 0 bridgehead atoms. The Kier molecular flexibility index (Phi) is 2.56. The summed E-state index contributed by atoms with van der Waals surface area (Å²) in [5.74, 6) is 1.74. The molecule has 2 heterocycles. The van der Waals surface area contributed by atoms with Crippen molar-refractivity contribution in [1.29, 1.82) is 0 Å². The molecule has 1 aromatic heterocycles. The quantitative estimate of drug-likeness (QED) is 0.740. The van der Waals surface area contributed by atoms with Crippen molar-refractivity contribution >= 4 is 0 Å². The minimum absolute atomic E-state index is 0.786. The van der Waals surface area contributed by atoms with Crippen molar-refractivity contribution < 1.29 is 4.74 Å². The zero-order valence-electron chi connectivity index (χ0n) is 9.94. The molecule has 0 unspecified atom stereocenters. The molecule has 0 radical (unpaired) electrons. The van der Waals surface area contributed by atoms with Crippen LogP contribution in [0, 0.1) is 0 Å². The van der Waals surface area contributed by atoms with Crippen LogP contribution in [-0.4, -0.2) is 4.98 Å². The van der Waals surface area contributed by atoms with E-state index in [4.69, 9.17) is 4.74 Å². The number of para-hydroxylation sites is 1. The van der Waals surface area contributed by atoms with Crippen LogP contribution in [0.2, 0.25) is 0 Å². The Hall–Kier alpha value is -1.83. The van der Waals surface area contributed by atoms with Crippen molar-refractivity contribution in [2.75, 3.05) is 0 Å². The number of aryl methyl sites for hydroxylation is 3. The molecule has 0 saturated carbocycles. The van der Waals surface area contributed by atoms with Crippen molar-refractivity contribution in [1.82, 2.24) is 4.98 Å². The lowest BCUT2D eigenvalue weighted by molar-refractivity contribution is 0.457. The Balaban J connectivity index is 2.05. The van der Waals surface area contributed by atoms with Gasteiger partial charge in [0.1, 0.15) is 5.75 Å². The van der Waals surface area contributed by atoms with Crippen LogP contribution in [0.5, 0.6) is 11.6 Å². The Morgan fingerprint density at radius 3 is 2.76 bits per heavy atom. The smallest absolute Gasteiger partial charge is 0.222 e. The molecule has 2 aromatic rings. The van der Waals surface area contributed by atoms with Gasteiger partial charge in [-0.15, -0.1) is 0 Å². The number of nitrogens with zero attached hydrogens (tertiary/aromatic N) is 1. The summed E-state index contributed by atoms with van der Waals surface area (Å²) in [5.41, 5.74) is 3.56. The van der Waals surface area contributed by atoms with E-state index in [1.54, 1.807) is 0 Å². The van der Waals surface area contributed by atoms with Gasteiger partial charge in [0.15, 0.2) is 0 Å². The van der Waals surface area contributed by atoms with Crippen molar-refractivity contribution in [2.45, 2.75) is 26.2 Å². The highest BCUT2D eigenvalue weighted by Crippen LogP contribution is 2.32. The first kappa shape index (κ1) is 10.3. The highest BCUT2D eigenvalue weighted by Gasteiger charge is 2.15. The van der Waals surface area contributed by atoms with E-state index in [9.17, 15) is 0 Å². The van der Waals surface area contributed by atoms with Crippen LogP contribution in [0.4, 0.5) is 0 Å². The topological polar surface area (TPSA) is 22.1 Å². The highest BCUT2D eigenvalue weighted by molar-refractivity contribution is 5.42. The van der Waals surface area contributed by atoms with E-state index in [0.29, 0.717) is 0 Å². The first-order chi connectivity index (χ1) is 8.36. The van der Waals surface area contributed by atoms with Crippen LogP contribution < -0.4 is 4.74 Å². The zero-order valence-corrected chi connectivity index (χ0v) is 9.94. The normalized spacial score (nSPS) is 13.2. The Bertz CT molecular complexity index is 548. The van der Waals surface area contributed by atoms with Crippen molar-refractivity contribution in [2.24, 2.45) is 0 Å². The standard InChI is InChI=1S/C15H15NO/c1-2-13-10-9-12-8-7-11-5-3-4-6-14(11)17-15(12)16-13/h3-6,9-10H,2,7-8H2,1H3. The fraction of sp³-hybridized carbons (Fsp3) is 0.267. The molecular weight excluding hydrogens is 210 g/mol. The van der Waals surface area contributed by atoms with E-state index >= 15 is 0 Å². The van der Waals surface area contributed by atoms with Crippen molar-refractivity contribution in [3.63, 3.8) is 0 Å². The fourth-order valence-corrected chi connectivity index (χ4v) is 2.17. The molecule has 2 nitrogen and oxygen atoms in total. The number of fused-ring (bicyclic) bond motifs is 2. The molecule has 0 atom stereocenters. The van der Waals surface area contributed by atoms with E-state index in [1.807, 2.05) is 12.1 Å². The zero-order chi connectivity index (χ0) is 11.7. The van der Waals surface area contributed by atoms with Crippen LogP contribution >= 0.6 is 0 Å². The van der Waals surface area contributed by atoms with Crippen LogP contribution in [0.25, 0.3) is 0 Å². The van der Waals surface area contributed by atoms with Gasteiger partial charge >= 0.3 is 0 Å². The van der Waals surface area contributed by atoms with Gasteiger partial charge in [0.05, 0.1) is 0 Å². The summed E-state index contributed by atoms with van der Waals surface area (Å²) in [5, 5.41) is 0. The molecule has 3 rings (SSSR count). The molecule has 17 heavy (non-hydrogen) atoms. The molecule has 2 heteroatoms. The van der Waals surface area contributed by atoms with Crippen LogP contribution in [-0.2, 0) is 19.3 Å². The van der Waals surface area contributed by atoms with Gasteiger partial charge in [-0.05, 0) is 37.0 Å². The first-order valence-electron chi connectivity index (χ1n) is 6.11. The lowest BCUT2D eigenvalue weighted by Gasteiger charge is -2.08. The number of aromatic nitrogens is 1. The minimum atomic E-state index is 0.786. The van der Waals surface area contributed by atoms with Crippen LogP contribution in [0.3, 0.4) is 0 Å². The second kappa shape index (κ2) is 4.21. The van der Waals surface area contributed by atoms with Gasteiger partial charge in [0.25, 0.3) is 0 Å². The number of pyridine rings is 1. The molecule has 0 saturated heterocycles. The van der Waals surface area contributed by atoms with Gasteiger partial charge < -0.3 is 4.74 Å². The molecule has 0 fully saturated rings. The van der Waals surface area contributed by atoms with Crippen molar-refractivity contribution in [3.05, 3.63) is 53.2 Å². The molecule has 0 amide bonds. The van der Waals surface area contributed by atoms with Crippen LogP contribution in [0.1, 0.15) is 23.7 Å². The lowest BCUT2D eigenvalue weighted by atomic mass is 10.1. The van der Waals surface area contributed by atoms with E-state index in [2.05, 4.69) is 36.2 Å². The Morgan fingerprint density at radius 2 is 1.88 bits per heavy atom. The highest BCUT2D eigenvalue weighted by atomic mass is 16.5. The molecule has 1 aliphatic heterocycles. The molecule has 1 aromatic carbocycles. The number of hydrogen-bond acceptors (Lipinski definition) is 2. The number of hydrogen-bond donors (Lipinski definition) is 0. The second-order valence-corrected chi connectivity index (χ2v) is 4.33. The molecule has 1 aliphatic rings. The minimum Gasteiger partial charge on any atom is -0.438 e. The van der Waals surface area contributed by atoms with Gasteiger partial charge in [-0.2, -0.15) is 0 Å². The number of benzene rings is 1. The Morgan fingerprint density at radius 1 is 1.06 bits per heavy atom. The largest absolute Gasteiger partial charge is 0.438 e. The van der Waals surface area contributed by atoms with Gasteiger partial charge in [0.2, 0.25) is 5.88 Å². The summed E-state index contributed by atoms with van der Waals surface area (Å²) >= 11 is 0. The summed E-state index contributed by atoms with van der Waals surface area (Å²) in [6, 6.07) is 12.5. The lowest BCUT2D eigenvalue weighted by Crippen LogP contribution is -1.95. The Labute approximate surface area is 101 Å². The maximum absolute atomic E-state index is 5.93. The molecule has 0 spiro atoms. The predicted molar refractivity (Wildman–Crippen MR) is 67.5 cm³/mol. The van der Waals surface area contributed by atoms with E-state index < -0.39 is 0 Å². The molecular formula is C15H15NO. The monoisotopic (exact) mass is 225 g/mol. The van der Waals surface area contributed by atoms with Crippen LogP contribution in [0.15, 0.2) is 36.4 Å². The second-order valence-electron chi connectivity index (χ2n) is 4.33. The summed E-state index contributed by atoms with van der Waals surface area (Å²) in [6.07, 6.45) is 2.97. The third kappa shape index (κ3) is 1.91. The van der Waals surface area contributed by atoms with Gasteiger partial charge in [0, 0.05) is 11.3 Å². The number of ether oxygens (including phenoxy) is 1. The van der Waals surface area contributed by atoms with Crippen molar-refractivity contribution in [3.8, 4) is 11.6 Å². The molecule has 0 aliphatic carbocycles. The third-order valence-corrected chi connectivity index (χ3v) is 3.20. The third-order valence-electron chi connectivity index (χ3n) is 3.20. The summed E-state index contributed by atoms with van der Waals surface area (Å²) in [7, 11) is 0. The summed E-state index contributed by atoms with van der Waals surface area (Å²) < 4.78 is 5.93. The SMILES string of the molecule is CCc1ccc2c(n1)Oc1ccccc1CC2. The average Bonchev–Trinajstić information content (AvgIpc) is 2.56. The maximum Gasteiger partial charge on any atom is 0.222 e. The molecule has 86 valence electrons. The average molecular weight is 225 g/mol. The predicted octanol–water partition coefficient (Wildman–Crippen LogP) is 3.53. The van der Waals surface area contributed by atoms with E-state index in [1.165, 1.54) is 11.1 Å². The summed E-state index contributed by atoms with van der Waals surface area (Å²) in [6.45, 7) is 2.11. The maximum atomic E-state index is 5.93. The van der Waals surface area contributed by atoms with Gasteiger partial charge in [-0.3, -0.25) is 0 Å².